The van der Waals surface area contributed by atoms with Crippen molar-refractivity contribution in [2.45, 2.75) is 19.6 Å². The fraction of sp³-hybridized carbons (Fsp3) is 0.214. The first kappa shape index (κ1) is 15.9. The number of thiazole rings is 1. The summed E-state index contributed by atoms with van der Waals surface area (Å²) in [4.78, 5) is 8.61. The molecule has 0 fully saturated rings. The lowest BCUT2D eigenvalue weighted by atomic mass is 10.1. The number of benzene rings is 1. The lowest BCUT2D eigenvalue weighted by Crippen LogP contribution is -2.04. The van der Waals surface area contributed by atoms with E-state index in [9.17, 15) is 13.2 Å². The standard InChI is InChI=1S/C14H11F3N4S2/c1-8-19-13(23-21-8)18-6-11-7-22-12(20-11)9-2-4-10(5-3-9)14(15,16)17/h2-5,7H,6H2,1H3,(H,18,19,21). The molecule has 1 aromatic carbocycles. The quantitative estimate of drug-likeness (QED) is 0.742. The minimum absolute atomic E-state index is 0.492. The van der Waals surface area contributed by atoms with Crippen LogP contribution in [0.5, 0.6) is 0 Å². The van der Waals surface area contributed by atoms with E-state index in [0.717, 1.165) is 17.8 Å². The third kappa shape index (κ3) is 3.85. The van der Waals surface area contributed by atoms with E-state index in [1.807, 2.05) is 12.3 Å². The summed E-state index contributed by atoms with van der Waals surface area (Å²) >= 11 is 2.66. The SMILES string of the molecule is Cc1nsc(NCc2csc(-c3ccc(C(F)(F)F)cc3)n2)n1. The summed E-state index contributed by atoms with van der Waals surface area (Å²) in [5.41, 5.74) is 0.810. The maximum Gasteiger partial charge on any atom is 0.416 e. The summed E-state index contributed by atoms with van der Waals surface area (Å²) in [5, 5.41) is 6.38. The number of aromatic nitrogens is 3. The second kappa shape index (κ2) is 6.25. The molecule has 0 aliphatic rings. The molecular weight excluding hydrogens is 345 g/mol. The van der Waals surface area contributed by atoms with E-state index in [4.69, 9.17) is 0 Å². The number of aryl methyl sites for hydroxylation is 1. The second-order valence-electron chi connectivity index (χ2n) is 4.72. The molecule has 9 heteroatoms. The van der Waals surface area contributed by atoms with Gasteiger partial charge in [0.2, 0.25) is 5.13 Å². The molecule has 2 aromatic heterocycles. The Labute approximate surface area is 138 Å². The van der Waals surface area contributed by atoms with Gasteiger partial charge < -0.3 is 5.32 Å². The number of nitrogens with one attached hydrogen (secondary N) is 1. The molecule has 3 rings (SSSR count). The van der Waals surface area contributed by atoms with Crippen LogP contribution < -0.4 is 5.32 Å². The van der Waals surface area contributed by atoms with E-state index in [1.54, 1.807) is 0 Å². The van der Waals surface area contributed by atoms with E-state index in [-0.39, 0.29) is 0 Å². The number of hydrogen-bond acceptors (Lipinski definition) is 6. The van der Waals surface area contributed by atoms with Crippen LogP contribution in [0.15, 0.2) is 29.6 Å². The predicted octanol–water partition coefficient (Wildman–Crippen LogP) is 4.60. The summed E-state index contributed by atoms with van der Waals surface area (Å²) in [7, 11) is 0. The number of nitrogens with zero attached hydrogens (tertiary/aromatic N) is 3. The number of rotatable bonds is 4. The molecule has 4 nitrogen and oxygen atoms in total. The molecule has 3 aromatic rings. The molecule has 120 valence electrons. The van der Waals surface area contributed by atoms with Crippen molar-refractivity contribution in [3.63, 3.8) is 0 Å². The number of anilines is 1. The van der Waals surface area contributed by atoms with Gasteiger partial charge in [0.15, 0.2) is 0 Å². The first-order valence-corrected chi connectivity index (χ1v) is 8.23. The second-order valence-corrected chi connectivity index (χ2v) is 6.33. The highest BCUT2D eigenvalue weighted by Gasteiger charge is 2.30. The van der Waals surface area contributed by atoms with Crippen molar-refractivity contribution in [3.8, 4) is 10.6 Å². The normalized spacial score (nSPS) is 11.7. The minimum atomic E-state index is -4.32. The molecule has 0 aliphatic heterocycles. The Balaban J connectivity index is 1.69. The molecule has 1 N–H and O–H groups in total. The van der Waals surface area contributed by atoms with Gasteiger partial charge in [0, 0.05) is 22.5 Å². The Kier molecular flexibility index (Phi) is 4.31. The van der Waals surface area contributed by atoms with Gasteiger partial charge in [-0.2, -0.15) is 17.5 Å². The molecular formula is C14H11F3N4S2. The summed E-state index contributed by atoms with van der Waals surface area (Å²) in [6.07, 6.45) is -4.32. The lowest BCUT2D eigenvalue weighted by molar-refractivity contribution is -0.137. The van der Waals surface area contributed by atoms with Crippen molar-refractivity contribution in [2.75, 3.05) is 5.32 Å². The molecule has 0 spiro atoms. The fourth-order valence-electron chi connectivity index (χ4n) is 1.86. The monoisotopic (exact) mass is 356 g/mol. The van der Waals surface area contributed by atoms with E-state index >= 15 is 0 Å². The Morgan fingerprint density at radius 2 is 1.87 bits per heavy atom. The average Bonchev–Trinajstić information content (AvgIpc) is 3.13. The third-order valence-corrected chi connectivity index (χ3v) is 4.66. The highest BCUT2D eigenvalue weighted by molar-refractivity contribution is 7.13. The van der Waals surface area contributed by atoms with Crippen molar-refractivity contribution < 1.29 is 13.2 Å². The van der Waals surface area contributed by atoms with Crippen LogP contribution >= 0.6 is 22.9 Å². The van der Waals surface area contributed by atoms with E-state index in [1.165, 1.54) is 35.0 Å². The maximum absolute atomic E-state index is 12.6. The summed E-state index contributed by atoms with van der Waals surface area (Å²) in [6, 6.07) is 5.01. The zero-order valence-electron chi connectivity index (χ0n) is 11.9. The van der Waals surface area contributed by atoms with Crippen LogP contribution in [0.2, 0.25) is 0 Å². The van der Waals surface area contributed by atoms with Gasteiger partial charge in [0.25, 0.3) is 0 Å². The molecule has 0 atom stereocenters. The van der Waals surface area contributed by atoms with Gasteiger partial charge in [-0.3, -0.25) is 0 Å². The van der Waals surface area contributed by atoms with E-state index in [0.29, 0.717) is 28.1 Å². The van der Waals surface area contributed by atoms with Crippen LogP contribution in [-0.2, 0) is 12.7 Å². The van der Waals surface area contributed by atoms with Gasteiger partial charge in [-0.25, -0.2) is 9.97 Å². The molecule has 0 aliphatic carbocycles. The van der Waals surface area contributed by atoms with Crippen LogP contribution in [0, 0.1) is 6.92 Å². The highest BCUT2D eigenvalue weighted by Crippen LogP contribution is 2.31. The first-order chi connectivity index (χ1) is 10.9. The van der Waals surface area contributed by atoms with Crippen LogP contribution in [0.3, 0.4) is 0 Å². The predicted molar refractivity (Wildman–Crippen MR) is 84.5 cm³/mol. The number of alkyl halides is 3. The van der Waals surface area contributed by atoms with Crippen molar-refractivity contribution in [2.24, 2.45) is 0 Å². The van der Waals surface area contributed by atoms with Crippen molar-refractivity contribution in [1.29, 1.82) is 0 Å². The smallest absolute Gasteiger partial charge is 0.355 e. The molecule has 0 unspecified atom stereocenters. The minimum Gasteiger partial charge on any atom is -0.355 e. The van der Waals surface area contributed by atoms with Gasteiger partial charge in [0.05, 0.1) is 17.8 Å². The zero-order valence-corrected chi connectivity index (χ0v) is 13.5. The topological polar surface area (TPSA) is 50.7 Å². The van der Waals surface area contributed by atoms with Gasteiger partial charge in [-0.05, 0) is 19.1 Å². The average molecular weight is 356 g/mol. The Morgan fingerprint density at radius 3 is 2.48 bits per heavy atom. The third-order valence-electron chi connectivity index (χ3n) is 2.96. The Hall–Kier alpha value is -2.00. The van der Waals surface area contributed by atoms with Crippen LogP contribution in [0.25, 0.3) is 10.6 Å². The van der Waals surface area contributed by atoms with Crippen molar-refractivity contribution in [1.82, 2.24) is 14.3 Å². The zero-order chi connectivity index (χ0) is 16.4. The number of halogens is 3. The lowest BCUT2D eigenvalue weighted by Gasteiger charge is -2.06. The van der Waals surface area contributed by atoms with Crippen molar-refractivity contribution >= 4 is 28.0 Å². The highest BCUT2D eigenvalue weighted by atomic mass is 32.1. The van der Waals surface area contributed by atoms with Gasteiger partial charge in [-0.1, -0.05) is 12.1 Å². The molecule has 2 heterocycles. The van der Waals surface area contributed by atoms with Gasteiger partial charge in [-0.15, -0.1) is 11.3 Å². The Morgan fingerprint density at radius 1 is 1.13 bits per heavy atom. The van der Waals surface area contributed by atoms with Crippen LogP contribution in [0.4, 0.5) is 18.3 Å². The molecule has 0 amide bonds. The fourth-order valence-corrected chi connectivity index (χ4v) is 3.25. The van der Waals surface area contributed by atoms with Crippen molar-refractivity contribution in [3.05, 3.63) is 46.7 Å². The molecule has 23 heavy (non-hydrogen) atoms. The summed E-state index contributed by atoms with van der Waals surface area (Å²) in [5.74, 6) is 0.709. The van der Waals surface area contributed by atoms with Gasteiger partial charge >= 0.3 is 6.18 Å². The first-order valence-electron chi connectivity index (χ1n) is 6.58. The molecule has 0 radical (unpaired) electrons. The number of hydrogen-bond donors (Lipinski definition) is 1. The van der Waals surface area contributed by atoms with Crippen LogP contribution in [-0.4, -0.2) is 14.3 Å². The van der Waals surface area contributed by atoms with Gasteiger partial charge in [0.1, 0.15) is 10.8 Å². The largest absolute Gasteiger partial charge is 0.416 e. The van der Waals surface area contributed by atoms with E-state index < -0.39 is 11.7 Å². The van der Waals surface area contributed by atoms with Crippen LogP contribution in [0.1, 0.15) is 17.1 Å². The summed E-state index contributed by atoms with van der Waals surface area (Å²) < 4.78 is 41.7. The Bertz CT molecular complexity index is 793. The molecule has 0 saturated heterocycles. The maximum atomic E-state index is 12.6. The molecule has 0 bridgehead atoms. The van der Waals surface area contributed by atoms with E-state index in [2.05, 4.69) is 19.7 Å². The summed E-state index contributed by atoms with van der Waals surface area (Å²) in [6.45, 7) is 2.30. The molecule has 0 saturated carbocycles.